The Kier molecular flexibility index (Phi) is 11.9. The van der Waals surface area contributed by atoms with E-state index in [1.165, 1.54) is 44.2 Å². The van der Waals surface area contributed by atoms with E-state index in [-0.39, 0.29) is 23.8 Å². The second kappa shape index (κ2) is 14.6. The highest BCUT2D eigenvalue weighted by atomic mass is 79.9. The molecule has 1 aliphatic carbocycles. The van der Waals surface area contributed by atoms with Crippen molar-refractivity contribution in [3.05, 3.63) is 34.1 Å². The third kappa shape index (κ3) is 8.14. The molecule has 0 aromatic heterocycles. The van der Waals surface area contributed by atoms with Gasteiger partial charge in [0.15, 0.2) is 0 Å². The van der Waals surface area contributed by atoms with Crippen LogP contribution in [0.1, 0.15) is 76.2 Å². The van der Waals surface area contributed by atoms with Crippen LogP contribution in [0.2, 0.25) is 0 Å². The minimum atomic E-state index is -1.24. The summed E-state index contributed by atoms with van der Waals surface area (Å²) in [6.07, 6.45) is 11.1. The van der Waals surface area contributed by atoms with Crippen LogP contribution in [0.3, 0.4) is 0 Å². The van der Waals surface area contributed by atoms with Gasteiger partial charge >= 0.3 is 6.03 Å². The van der Waals surface area contributed by atoms with Gasteiger partial charge in [0.2, 0.25) is 0 Å². The molecule has 0 bridgehead atoms. The first-order valence-corrected chi connectivity index (χ1v) is 14.5. The number of amides is 2. The number of methoxy groups -OCH3 is 1. The van der Waals surface area contributed by atoms with Crippen LogP contribution in [-0.2, 0) is 10.3 Å². The monoisotopic (exact) mass is 569 g/mol. The van der Waals surface area contributed by atoms with Gasteiger partial charge in [-0.2, -0.15) is 0 Å². The number of benzene rings is 1. The molecule has 8 heteroatoms. The van der Waals surface area contributed by atoms with Crippen LogP contribution in [0.25, 0.3) is 0 Å². The number of carbonyl (C=O) groups is 1. The highest BCUT2D eigenvalue weighted by Crippen LogP contribution is 2.43. The summed E-state index contributed by atoms with van der Waals surface area (Å²) in [6, 6.07) is 4.53. The number of likely N-dealkylation sites (tertiary alicyclic amines) is 1. The first kappa shape index (κ1) is 29.3. The van der Waals surface area contributed by atoms with E-state index in [4.69, 9.17) is 4.74 Å². The summed E-state index contributed by atoms with van der Waals surface area (Å²) in [6.45, 7) is 2.49. The first-order valence-electron chi connectivity index (χ1n) is 13.7. The number of carbonyl (C=O) groups excluding carboxylic acids is 1. The van der Waals surface area contributed by atoms with Crippen LogP contribution in [-0.4, -0.2) is 62.5 Å². The molecular weight excluding hydrogens is 525 g/mol. The van der Waals surface area contributed by atoms with Gasteiger partial charge in [0.05, 0.1) is 5.60 Å². The van der Waals surface area contributed by atoms with Gasteiger partial charge in [-0.15, -0.1) is 0 Å². The van der Waals surface area contributed by atoms with E-state index in [1.807, 2.05) is 11.9 Å². The van der Waals surface area contributed by atoms with Gasteiger partial charge in [0.25, 0.3) is 0 Å². The summed E-state index contributed by atoms with van der Waals surface area (Å²) in [5.74, 6) is 0.124. The molecule has 2 aliphatic rings. The van der Waals surface area contributed by atoms with Crippen LogP contribution in [0.4, 0.5) is 9.18 Å². The molecule has 0 radical (unpaired) electrons. The number of hydrogen-bond acceptors (Lipinski definition) is 4. The van der Waals surface area contributed by atoms with Crippen LogP contribution < -0.4 is 10.6 Å². The number of nitrogens with zero attached hydrogens (tertiary/aromatic N) is 1. The van der Waals surface area contributed by atoms with Crippen molar-refractivity contribution in [1.82, 2.24) is 15.5 Å². The Morgan fingerprint density at radius 1 is 1.25 bits per heavy atom. The molecule has 3 unspecified atom stereocenters. The second-order valence-electron chi connectivity index (χ2n) is 10.7. The van der Waals surface area contributed by atoms with Crippen molar-refractivity contribution in [2.75, 3.05) is 40.4 Å². The lowest BCUT2D eigenvalue weighted by Crippen LogP contribution is -2.54. The van der Waals surface area contributed by atoms with E-state index < -0.39 is 5.60 Å². The third-order valence-corrected chi connectivity index (χ3v) is 8.75. The second-order valence-corrected chi connectivity index (χ2v) is 11.6. The summed E-state index contributed by atoms with van der Waals surface area (Å²) in [7, 11) is 3.60. The minimum absolute atomic E-state index is 0.0594. The lowest BCUT2D eigenvalue weighted by Gasteiger charge is -2.43. The molecule has 1 aliphatic heterocycles. The normalized spacial score (nSPS) is 21.7. The highest BCUT2D eigenvalue weighted by Gasteiger charge is 2.42. The van der Waals surface area contributed by atoms with Gasteiger partial charge in [-0.3, -0.25) is 0 Å². The zero-order chi connectivity index (χ0) is 26.0. The first-order chi connectivity index (χ1) is 17.4. The summed E-state index contributed by atoms with van der Waals surface area (Å²) in [5.41, 5.74) is -0.669. The lowest BCUT2D eigenvalue weighted by atomic mass is 9.74. The van der Waals surface area contributed by atoms with Crippen molar-refractivity contribution < 1.29 is 19.0 Å². The van der Waals surface area contributed by atoms with Crippen LogP contribution in [0, 0.1) is 17.7 Å². The van der Waals surface area contributed by atoms with Gasteiger partial charge in [0.1, 0.15) is 5.82 Å². The number of aliphatic hydroxyl groups is 1. The van der Waals surface area contributed by atoms with E-state index in [0.717, 1.165) is 38.6 Å². The highest BCUT2D eigenvalue weighted by molar-refractivity contribution is 9.10. The zero-order valence-electron chi connectivity index (χ0n) is 22.0. The molecule has 1 aromatic rings. The number of nitrogens with one attached hydrogen (secondary N) is 2. The number of ether oxygens (including phenoxy) is 1. The molecule has 3 atom stereocenters. The Morgan fingerprint density at radius 2 is 2.03 bits per heavy atom. The van der Waals surface area contributed by atoms with Crippen molar-refractivity contribution >= 4 is 22.0 Å². The van der Waals surface area contributed by atoms with Gasteiger partial charge in [-0.25, -0.2) is 9.18 Å². The fourth-order valence-corrected chi connectivity index (χ4v) is 6.70. The molecule has 1 heterocycles. The summed E-state index contributed by atoms with van der Waals surface area (Å²) >= 11 is 3.55. The molecule has 1 saturated heterocycles. The van der Waals surface area contributed by atoms with Gasteiger partial charge in [0, 0.05) is 55.3 Å². The SMILES string of the molecule is CNCC(CC1CCCCC1)NC(=O)N1CCCC(C(O)(CCCCOC)c2cc(F)ccc2Br)C1. The molecule has 3 N–H and O–H groups in total. The number of urea groups is 1. The van der Waals surface area contributed by atoms with E-state index >= 15 is 0 Å². The van der Waals surface area contributed by atoms with Gasteiger partial charge < -0.3 is 25.4 Å². The number of unbranched alkanes of at least 4 members (excludes halogenated alkanes) is 1. The minimum Gasteiger partial charge on any atom is -0.385 e. The smallest absolute Gasteiger partial charge is 0.317 e. The molecule has 36 heavy (non-hydrogen) atoms. The average Bonchev–Trinajstić information content (AvgIpc) is 2.88. The predicted molar refractivity (Wildman–Crippen MR) is 145 cm³/mol. The van der Waals surface area contributed by atoms with Gasteiger partial charge in [-0.1, -0.05) is 48.0 Å². The number of likely N-dealkylation sites (N-methyl/N-ethyl adjacent to an activating group) is 1. The van der Waals surface area contributed by atoms with Crippen molar-refractivity contribution in [1.29, 1.82) is 0 Å². The van der Waals surface area contributed by atoms with E-state index in [0.29, 0.717) is 42.1 Å². The summed E-state index contributed by atoms with van der Waals surface area (Å²) in [5, 5.41) is 18.6. The number of piperidine rings is 1. The molecule has 3 rings (SSSR count). The topological polar surface area (TPSA) is 73.8 Å². The largest absolute Gasteiger partial charge is 0.385 e. The zero-order valence-corrected chi connectivity index (χ0v) is 23.6. The molecule has 2 amide bonds. The van der Waals surface area contributed by atoms with E-state index in [2.05, 4.69) is 26.6 Å². The summed E-state index contributed by atoms with van der Waals surface area (Å²) < 4.78 is 20.2. The van der Waals surface area contributed by atoms with Crippen molar-refractivity contribution in [2.24, 2.45) is 11.8 Å². The third-order valence-electron chi connectivity index (χ3n) is 8.06. The fraction of sp³-hybridized carbons (Fsp3) is 0.750. The fourth-order valence-electron chi connectivity index (χ4n) is 6.11. The maximum atomic E-state index is 14.3. The predicted octanol–water partition coefficient (Wildman–Crippen LogP) is 5.57. The van der Waals surface area contributed by atoms with Crippen molar-refractivity contribution in [3.63, 3.8) is 0 Å². The Balaban J connectivity index is 1.72. The molecule has 1 aromatic carbocycles. The van der Waals surface area contributed by atoms with Crippen LogP contribution in [0.15, 0.2) is 22.7 Å². The van der Waals surface area contributed by atoms with Gasteiger partial charge in [-0.05, 0) is 69.7 Å². The van der Waals surface area contributed by atoms with Crippen molar-refractivity contribution in [2.45, 2.75) is 82.3 Å². The molecular formula is C28H45BrFN3O3. The quantitative estimate of drug-likeness (QED) is 0.287. The van der Waals surface area contributed by atoms with Crippen molar-refractivity contribution in [3.8, 4) is 0 Å². The molecule has 6 nitrogen and oxygen atoms in total. The maximum absolute atomic E-state index is 14.3. The Labute approximate surface area is 224 Å². The van der Waals surface area contributed by atoms with Crippen LogP contribution in [0.5, 0.6) is 0 Å². The molecule has 2 fully saturated rings. The standard InChI is InChI=1S/C28H45BrFN3O3/c1-31-19-24(17-21-9-4-3-5-10-21)32-27(34)33-15-8-11-22(20-33)28(35,14-6-7-16-36-2)25-18-23(30)12-13-26(25)29/h12-13,18,21-22,24,31,35H,3-11,14-17,19-20H2,1-2H3,(H,32,34). The number of halogens is 2. The van der Waals surface area contributed by atoms with E-state index in [1.54, 1.807) is 13.2 Å². The average molecular weight is 571 g/mol. The Morgan fingerprint density at radius 3 is 2.75 bits per heavy atom. The Bertz CT molecular complexity index is 823. The lowest BCUT2D eigenvalue weighted by molar-refractivity contribution is -0.0571. The maximum Gasteiger partial charge on any atom is 0.317 e. The van der Waals surface area contributed by atoms with Crippen LogP contribution >= 0.6 is 15.9 Å². The van der Waals surface area contributed by atoms with E-state index in [9.17, 15) is 14.3 Å². The molecule has 1 saturated carbocycles. The number of rotatable bonds is 12. The Hall–Kier alpha value is -1.22. The number of hydrogen-bond donors (Lipinski definition) is 3. The summed E-state index contributed by atoms with van der Waals surface area (Å²) in [4.78, 5) is 15.2. The molecule has 204 valence electrons. The molecule has 0 spiro atoms.